The smallest absolute Gasteiger partial charge is 0.171 e. The van der Waals surface area contributed by atoms with Crippen LogP contribution in [-0.4, -0.2) is 18.5 Å². The summed E-state index contributed by atoms with van der Waals surface area (Å²) in [6.07, 6.45) is 3.74. The molecule has 0 saturated carbocycles. The number of phenols is 1. The molecule has 0 atom stereocenters. The number of aromatic hydroxyl groups is 1. The fourth-order valence-electron chi connectivity index (χ4n) is 0.996. The van der Waals surface area contributed by atoms with Gasteiger partial charge in [-0.25, -0.2) is 0 Å². The van der Waals surface area contributed by atoms with Gasteiger partial charge in [0.1, 0.15) is 6.29 Å². The molecule has 14 heavy (non-hydrogen) atoms. The van der Waals surface area contributed by atoms with Crippen molar-refractivity contribution in [3.8, 4) is 11.5 Å². The Bertz CT molecular complexity index is 372. The van der Waals surface area contributed by atoms with Crippen LogP contribution in [0, 0.1) is 3.57 Å². The van der Waals surface area contributed by atoms with Gasteiger partial charge >= 0.3 is 0 Å². The molecule has 0 aromatic heterocycles. The predicted octanol–water partition coefficient (Wildman–Crippen LogP) is 2.22. The highest BCUT2D eigenvalue weighted by molar-refractivity contribution is 14.1. The minimum absolute atomic E-state index is 0.122. The van der Waals surface area contributed by atoms with Crippen molar-refractivity contribution in [2.75, 3.05) is 7.11 Å². The summed E-state index contributed by atoms with van der Waals surface area (Å²) < 4.78 is 5.66. The molecule has 4 heteroatoms. The number of benzene rings is 1. The standard InChI is InChI=1S/C10H9IO3/c1-14-9-6-7(3-2-4-12)5-8(11)10(9)13/h2-6,13H,1H3. The highest BCUT2D eigenvalue weighted by atomic mass is 127. The van der Waals surface area contributed by atoms with Gasteiger partial charge in [0, 0.05) is 0 Å². The Kier molecular flexibility index (Phi) is 3.94. The fraction of sp³-hybridized carbons (Fsp3) is 0.100. The monoisotopic (exact) mass is 304 g/mol. The summed E-state index contributed by atoms with van der Waals surface area (Å²) >= 11 is 2.00. The lowest BCUT2D eigenvalue weighted by Crippen LogP contribution is -1.87. The maximum absolute atomic E-state index is 10.1. The number of aldehydes is 1. The zero-order valence-corrected chi connectivity index (χ0v) is 9.69. The van der Waals surface area contributed by atoms with Crippen LogP contribution in [0.1, 0.15) is 5.56 Å². The summed E-state index contributed by atoms with van der Waals surface area (Å²) in [5.74, 6) is 0.527. The van der Waals surface area contributed by atoms with E-state index in [9.17, 15) is 9.90 Å². The van der Waals surface area contributed by atoms with E-state index in [1.165, 1.54) is 13.2 Å². The lowest BCUT2D eigenvalue weighted by atomic mass is 10.2. The normalized spacial score (nSPS) is 10.4. The Morgan fingerprint density at radius 2 is 2.21 bits per heavy atom. The third kappa shape index (κ3) is 2.47. The molecule has 0 aliphatic carbocycles. The quantitative estimate of drug-likeness (QED) is 0.529. The first-order valence-corrected chi connectivity index (χ1v) is 4.95. The number of ether oxygens (including phenoxy) is 1. The number of phenolic OH excluding ortho intramolecular Hbond substituents is 1. The predicted molar refractivity (Wildman–Crippen MR) is 62.5 cm³/mol. The second-order valence-corrected chi connectivity index (χ2v) is 3.71. The Labute approximate surface area is 95.5 Å². The van der Waals surface area contributed by atoms with Gasteiger partial charge in [0.25, 0.3) is 0 Å². The van der Waals surface area contributed by atoms with E-state index < -0.39 is 0 Å². The Hall–Kier alpha value is -1.04. The third-order valence-electron chi connectivity index (χ3n) is 1.64. The number of rotatable bonds is 3. The van der Waals surface area contributed by atoms with E-state index in [1.807, 2.05) is 22.6 Å². The SMILES string of the molecule is COc1cc(C=CC=O)cc(I)c1O. The van der Waals surface area contributed by atoms with Gasteiger partial charge in [-0.15, -0.1) is 0 Å². The highest BCUT2D eigenvalue weighted by Crippen LogP contribution is 2.32. The first-order chi connectivity index (χ1) is 6.69. The Morgan fingerprint density at radius 1 is 1.50 bits per heavy atom. The van der Waals surface area contributed by atoms with Gasteiger partial charge < -0.3 is 9.84 Å². The van der Waals surface area contributed by atoms with Crippen molar-refractivity contribution in [3.63, 3.8) is 0 Å². The van der Waals surface area contributed by atoms with E-state index in [0.717, 1.165) is 5.56 Å². The van der Waals surface area contributed by atoms with Crippen LogP contribution in [0.5, 0.6) is 11.5 Å². The molecule has 0 heterocycles. The van der Waals surface area contributed by atoms with Crippen molar-refractivity contribution >= 4 is 35.0 Å². The van der Waals surface area contributed by atoms with Crippen molar-refractivity contribution < 1.29 is 14.6 Å². The van der Waals surface area contributed by atoms with Crippen LogP contribution in [0.2, 0.25) is 0 Å². The van der Waals surface area contributed by atoms with Crippen LogP contribution < -0.4 is 4.74 Å². The van der Waals surface area contributed by atoms with E-state index in [1.54, 1.807) is 18.2 Å². The largest absolute Gasteiger partial charge is 0.504 e. The van der Waals surface area contributed by atoms with Gasteiger partial charge in [0.05, 0.1) is 10.7 Å². The van der Waals surface area contributed by atoms with Crippen LogP contribution in [0.4, 0.5) is 0 Å². The summed E-state index contributed by atoms with van der Waals surface area (Å²) in [4.78, 5) is 10.1. The molecule has 0 bridgehead atoms. The molecule has 0 fully saturated rings. The summed E-state index contributed by atoms with van der Waals surface area (Å²) in [5.41, 5.74) is 0.816. The van der Waals surface area contributed by atoms with Crippen molar-refractivity contribution in [2.24, 2.45) is 0 Å². The fourth-order valence-corrected chi connectivity index (χ4v) is 1.62. The molecule has 0 amide bonds. The zero-order chi connectivity index (χ0) is 10.6. The molecule has 0 spiro atoms. The average Bonchev–Trinajstić information content (AvgIpc) is 2.19. The van der Waals surface area contributed by atoms with Crippen LogP contribution in [0.3, 0.4) is 0 Å². The summed E-state index contributed by atoms with van der Waals surface area (Å²) in [6, 6.07) is 3.43. The summed E-state index contributed by atoms with van der Waals surface area (Å²) in [6.45, 7) is 0. The van der Waals surface area contributed by atoms with E-state index in [0.29, 0.717) is 15.6 Å². The first-order valence-electron chi connectivity index (χ1n) is 3.87. The van der Waals surface area contributed by atoms with Gasteiger partial charge in [0.15, 0.2) is 11.5 Å². The average molecular weight is 304 g/mol. The molecule has 1 N–H and O–H groups in total. The van der Waals surface area contributed by atoms with Crippen molar-refractivity contribution in [1.82, 2.24) is 0 Å². The van der Waals surface area contributed by atoms with Crippen molar-refractivity contribution in [2.45, 2.75) is 0 Å². The molecule has 0 radical (unpaired) electrons. The van der Waals surface area contributed by atoms with E-state index in [2.05, 4.69) is 0 Å². The van der Waals surface area contributed by atoms with Gasteiger partial charge in [-0.05, 0) is 46.4 Å². The molecule has 0 aliphatic rings. The molecule has 0 unspecified atom stereocenters. The Balaban J connectivity index is 3.15. The van der Waals surface area contributed by atoms with Crippen LogP contribution >= 0.6 is 22.6 Å². The van der Waals surface area contributed by atoms with Crippen molar-refractivity contribution in [1.29, 1.82) is 0 Å². The second kappa shape index (κ2) is 4.99. The number of allylic oxidation sites excluding steroid dienone is 1. The maximum Gasteiger partial charge on any atom is 0.171 e. The molecular weight excluding hydrogens is 295 g/mol. The molecule has 3 nitrogen and oxygen atoms in total. The molecule has 74 valence electrons. The number of hydrogen-bond donors (Lipinski definition) is 1. The number of halogens is 1. The van der Waals surface area contributed by atoms with Gasteiger partial charge in [-0.2, -0.15) is 0 Å². The van der Waals surface area contributed by atoms with Crippen LogP contribution in [0.15, 0.2) is 18.2 Å². The minimum Gasteiger partial charge on any atom is -0.504 e. The third-order valence-corrected chi connectivity index (χ3v) is 2.46. The van der Waals surface area contributed by atoms with Gasteiger partial charge in [-0.3, -0.25) is 4.79 Å². The lowest BCUT2D eigenvalue weighted by molar-refractivity contribution is -0.104. The summed E-state index contributed by atoms with van der Waals surface area (Å²) in [5, 5.41) is 9.52. The first kappa shape index (κ1) is 11.0. The highest BCUT2D eigenvalue weighted by Gasteiger charge is 2.06. The van der Waals surface area contributed by atoms with E-state index >= 15 is 0 Å². The number of hydrogen-bond acceptors (Lipinski definition) is 3. The molecule has 0 aliphatic heterocycles. The van der Waals surface area contributed by atoms with Gasteiger partial charge in [0.2, 0.25) is 0 Å². The lowest BCUT2D eigenvalue weighted by Gasteiger charge is -2.06. The topological polar surface area (TPSA) is 46.5 Å². The number of carbonyl (C=O) groups excluding carboxylic acids is 1. The molecule has 1 aromatic carbocycles. The van der Waals surface area contributed by atoms with Crippen LogP contribution in [-0.2, 0) is 4.79 Å². The van der Waals surface area contributed by atoms with Crippen LogP contribution in [0.25, 0.3) is 6.08 Å². The summed E-state index contributed by atoms with van der Waals surface area (Å²) in [7, 11) is 1.48. The van der Waals surface area contributed by atoms with Crippen molar-refractivity contribution in [3.05, 3.63) is 27.3 Å². The molecule has 1 aromatic rings. The van der Waals surface area contributed by atoms with E-state index in [-0.39, 0.29) is 5.75 Å². The number of carbonyl (C=O) groups is 1. The van der Waals surface area contributed by atoms with E-state index in [4.69, 9.17) is 4.74 Å². The zero-order valence-electron chi connectivity index (χ0n) is 7.53. The molecular formula is C10H9IO3. The van der Waals surface area contributed by atoms with Gasteiger partial charge in [-0.1, -0.05) is 6.08 Å². The second-order valence-electron chi connectivity index (χ2n) is 2.55. The Morgan fingerprint density at radius 3 is 2.79 bits per heavy atom. The maximum atomic E-state index is 10.1. The number of methoxy groups -OCH3 is 1. The molecule has 1 rings (SSSR count). The molecule has 0 saturated heterocycles. The minimum atomic E-state index is 0.122.